The second kappa shape index (κ2) is 9.63. The first-order chi connectivity index (χ1) is 15.5. The normalized spacial score (nSPS) is 11.5. The number of benzene rings is 2. The molecule has 10 heteroatoms. The number of nitrogens with zero attached hydrogens (tertiary/aromatic N) is 2. The van der Waals surface area contributed by atoms with Gasteiger partial charge in [0.15, 0.2) is 5.13 Å². The minimum absolute atomic E-state index is 0.0689. The van der Waals surface area contributed by atoms with Crippen molar-refractivity contribution in [2.24, 2.45) is 0 Å². The Labute approximate surface area is 194 Å². The first-order valence-corrected chi connectivity index (χ1v) is 10.9. The van der Waals surface area contributed by atoms with Gasteiger partial charge in [0.2, 0.25) is 5.78 Å². The van der Waals surface area contributed by atoms with Crippen molar-refractivity contribution in [3.05, 3.63) is 70.1 Å². The molecule has 0 unspecified atom stereocenters. The van der Waals surface area contributed by atoms with E-state index in [9.17, 15) is 18.4 Å². The van der Waals surface area contributed by atoms with E-state index < -0.39 is 28.5 Å². The number of carbonyl (C=O) groups is 2. The Morgan fingerprint density at radius 2 is 1.70 bits per heavy atom. The van der Waals surface area contributed by atoms with E-state index in [1.54, 1.807) is 24.3 Å². The number of hydrogen-bond donors (Lipinski definition) is 3. The molecule has 0 spiro atoms. The van der Waals surface area contributed by atoms with Gasteiger partial charge in [-0.3, -0.25) is 9.59 Å². The molecule has 1 heterocycles. The molecule has 174 valence electrons. The Balaban J connectivity index is 1.72. The number of carbonyl (C=O) groups excluding carboxylic acids is 2. The lowest BCUT2D eigenvalue weighted by Gasteiger charge is -2.29. The molecule has 0 fully saturated rings. The molecule has 7 nitrogen and oxygen atoms in total. The van der Waals surface area contributed by atoms with Crippen molar-refractivity contribution in [3.8, 4) is 0 Å². The van der Waals surface area contributed by atoms with Crippen LogP contribution in [0.3, 0.4) is 0 Å². The van der Waals surface area contributed by atoms with Crippen LogP contribution in [0.15, 0.2) is 42.5 Å². The third-order valence-corrected chi connectivity index (χ3v) is 5.60. The van der Waals surface area contributed by atoms with E-state index in [1.165, 1.54) is 6.07 Å². The summed E-state index contributed by atoms with van der Waals surface area (Å²) in [7, 11) is 3.87. The van der Waals surface area contributed by atoms with Crippen LogP contribution in [-0.2, 0) is 0 Å². The molecule has 0 saturated heterocycles. The number of anilines is 3. The van der Waals surface area contributed by atoms with E-state index in [0.29, 0.717) is 17.8 Å². The van der Waals surface area contributed by atoms with Gasteiger partial charge >= 0.3 is 0 Å². The number of rotatable bonds is 8. The lowest BCUT2D eigenvalue weighted by Crippen LogP contribution is -2.49. The lowest BCUT2D eigenvalue weighted by atomic mass is 10.0. The predicted molar refractivity (Wildman–Crippen MR) is 126 cm³/mol. The molecule has 0 bridgehead atoms. The van der Waals surface area contributed by atoms with Gasteiger partial charge in [-0.15, -0.1) is 0 Å². The Kier molecular flexibility index (Phi) is 7.09. The minimum atomic E-state index is -0.968. The molecule has 33 heavy (non-hydrogen) atoms. The second-order valence-electron chi connectivity index (χ2n) is 8.44. The Hall–Kier alpha value is -3.37. The van der Waals surface area contributed by atoms with Crippen LogP contribution in [0.5, 0.6) is 0 Å². The van der Waals surface area contributed by atoms with E-state index in [4.69, 9.17) is 5.73 Å². The van der Waals surface area contributed by atoms with E-state index in [1.807, 2.05) is 32.8 Å². The fourth-order valence-corrected chi connectivity index (χ4v) is 4.27. The van der Waals surface area contributed by atoms with E-state index in [0.717, 1.165) is 23.5 Å². The quantitative estimate of drug-likeness (QED) is 0.427. The van der Waals surface area contributed by atoms with Crippen molar-refractivity contribution in [3.63, 3.8) is 0 Å². The summed E-state index contributed by atoms with van der Waals surface area (Å²) in [5.41, 5.74) is 5.83. The summed E-state index contributed by atoms with van der Waals surface area (Å²) in [5, 5.41) is 6.26. The van der Waals surface area contributed by atoms with Gasteiger partial charge in [0.1, 0.15) is 22.3 Å². The molecule has 3 rings (SSSR count). The summed E-state index contributed by atoms with van der Waals surface area (Å²) in [4.78, 5) is 31.2. The van der Waals surface area contributed by atoms with Gasteiger partial charge in [-0.25, -0.2) is 13.8 Å². The van der Waals surface area contributed by atoms with Gasteiger partial charge in [-0.1, -0.05) is 17.4 Å². The van der Waals surface area contributed by atoms with Gasteiger partial charge in [0.05, 0.1) is 5.56 Å². The largest absolute Gasteiger partial charge is 0.382 e. The maximum atomic E-state index is 14.0. The van der Waals surface area contributed by atoms with Crippen LogP contribution in [0.2, 0.25) is 0 Å². The number of nitrogen functional groups attached to an aromatic ring is 1. The fraction of sp³-hybridized carbons (Fsp3) is 0.261. The number of hydrogen-bond acceptors (Lipinski definition) is 7. The zero-order chi connectivity index (χ0) is 24.3. The Morgan fingerprint density at radius 1 is 1.09 bits per heavy atom. The number of nitrogens with two attached hydrogens (primary N) is 1. The van der Waals surface area contributed by atoms with Crippen LogP contribution in [-0.4, -0.2) is 47.8 Å². The van der Waals surface area contributed by atoms with E-state index >= 15 is 0 Å². The van der Waals surface area contributed by atoms with Crippen LogP contribution < -0.4 is 16.4 Å². The highest BCUT2D eigenvalue weighted by molar-refractivity contribution is 7.18. The molecule has 0 atom stereocenters. The van der Waals surface area contributed by atoms with Gasteiger partial charge in [-0.2, -0.15) is 0 Å². The standard InChI is InChI=1S/C23H25F2N5O2S/c1-23(2,12-30(3)4)29-21(32)13-8-10-14(11-9-13)27-22-28-20(26)19(33-22)18(31)17-15(24)6-5-7-16(17)25/h5-11H,12,26H2,1-4H3,(H,27,28)(H,29,32). The van der Waals surface area contributed by atoms with Gasteiger partial charge in [0.25, 0.3) is 5.91 Å². The van der Waals surface area contributed by atoms with Crippen molar-refractivity contribution in [1.82, 2.24) is 15.2 Å². The molecule has 0 aliphatic heterocycles. The number of likely N-dealkylation sites (N-methyl/N-ethyl adjacent to an activating group) is 1. The average Bonchev–Trinajstić information content (AvgIpc) is 3.06. The number of nitrogens with one attached hydrogen (secondary N) is 2. The number of halogens is 2. The molecule has 1 aromatic heterocycles. The zero-order valence-corrected chi connectivity index (χ0v) is 19.5. The SMILES string of the molecule is CN(C)CC(C)(C)NC(=O)c1ccc(Nc2nc(N)c(C(=O)c3c(F)cccc3F)s2)cc1. The monoisotopic (exact) mass is 473 g/mol. The number of ketones is 1. The van der Waals surface area contributed by atoms with Crippen LogP contribution in [0.4, 0.5) is 25.4 Å². The summed E-state index contributed by atoms with van der Waals surface area (Å²) >= 11 is 0.885. The molecule has 0 aliphatic rings. The highest BCUT2D eigenvalue weighted by Gasteiger charge is 2.24. The third kappa shape index (κ3) is 5.91. The summed E-state index contributed by atoms with van der Waals surface area (Å²) < 4.78 is 27.9. The fourth-order valence-electron chi connectivity index (χ4n) is 3.41. The van der Waals surface area contributed by atoms with E-state index in [-0.39, 0.29) is 21.7 Å². The number of amides is 1. The third-order valence-electron chi connectivity index (χ3n) is 4.61. The smallest absolute Gasteiger partial charge is 0.251 e. The topological polar surface area (TPSA) is 100 Å². The highest BCUT2D eigenvalue weighted by atomic mass is 32.1. The maximum Gasteiger partial charge on any atom is 0.251 e. The molecule has 2 aromatic carbocycles. The van der Waals surface area contributed by atoms with Gasteiger partial charge in [-0.05, 0) is 64.3 Å². The summed E-state index contributed by atoms with van der Waals surface area (Å²) in [6, 6.07) is 9.87. The van der Waals surface area contributed by atoms with Crippen LogP contribution >= 0.6 is 11.3 Å². The molecule has 1 amide bonds. The molecule has 0 aliphatic carbocycles. The molecular formula is C23H25F2N5O2S. The van der Waals surface area contributed by atoms with Gasteiger partial charge < -0.3 is 21.3 Å². The van der Waals surface area contributed by atoms with Crippen molar-refractivity contribution >= 4 is 39.7 Å². The van der Waals surface area contributed by atoms with Gasteiger partial charge in [0, 0.05) is 23.3 Å². The second-order valence-corrected chi connectivity index (χ2v) is 9.44. The van der Waals surface area contributed by atoms with Crippen LogP contribution in [0, 0.1) is 11.6 Å². The number of aromatic nitrogens is 1. The number of thiazole rings is 1. The summed E-state index contributed by atoms with van der Waals surface area (Å²) in [6.45, 7) is 4.57. The first kappa shape index (κ1) is 24.3. The Bertz CT molecular complexity index is 1160. The van der Waals surface area contributed by atoms with Crippen molar-refractivity contribution in [2.45, 2.75) is 19.4 Å². The average molecular weight is 474 g/mol. The molecular weight excluding hydrogens is 448 g/mol. The van der Waals surface area contributed by atoms with Crippen molar-refractivity contribution in [1.29, 1.82) is 0 Å². The van der Waals surface area contributed by atoms with E-state index in [2.05, 4.69) is 15.6 Å². The van der Waals surface area contributed by atoms with Crippen LogP contribution in [0.25, 0.3) is 0 Å². The molecule has 0 saturated carbocycles. The summed E-state index contributed by atoms with van der Waals surface area (Å²) in [5.74, 6) is -3.14. The summed E-state index contributed by atoms with van der Waals surface area (Å²) in [6.07, 6.45) is 0. The lowest BCUT2D eigenvalue weighted by molar-refractivity contribution is 0.0899. The van der Waals surface area contributed by atoms with Crippen LogP contribution in [0.1, 0.15) is 39.4 Å². The first-order valence-electron chi connectivity index (χ1n) is 10.1. The Morgan fingerprint density at radius 3 is 2.27 bits per heavy atom. The van der Waals surface area contributed by atoms with Crippen molar-refractivity contribution < 1.29 is 18.4 Å². The predicted octanol–water partition coefficient (Wildman–Crippen LogP) is 4.05. The minimum Gasteiger partial charge on any atom is -0.382 e. The molecule has 4 N–H and O–H groups in total. The maximum absolute atomic E-state index is 14.0. The molecule has 3 aromatic rings. The van der Waals surface area contributed by atoms with Crippen molar-refractivity contribution in [2.75, 3.05) is 31.7 Å². The highest BCUT2D eigenvalue weighted by Crippen LogP contribution is 2.31. The molecule has 0 radical (unpaired) electrons. The zero-order valence-electron chi connectivity index (χ0n) is 18.7.